The molecule has 16 heavy (non-hydrogen) atoms. The molecule has 0 radical (unpaired) electrons. The van der Waals surface area contributed by atoms with E-state index in [1.807, 2.05) is 0 Å². The Hall–Kier alpha value is -0.520. The van der Waals surface area contributed by atoms with Crippen molar-refractivity contribution in [3.8, 4) is 0 Å². The molecular weight excluding hydrogens is 192 g/mol. The van der Waals surface area contributed by atoms with Gasteiger partial charge in [-0.3, -0.25) is 0 Å². The van der Waals surface area contributed by atoms with Crippen LogP contribution >= 0.6 is 0 Å². The smallest absolute Gasteiger partial charge is 0.0223 e. The molecule has 1 aliphatic rings. The molecule has 0 aromatic rings. The summed E-state index contributed by atoms with van der Waals surface area (Å²) in [6.45, 7) is 11.7. The van der Waals surface area contributed by atoms with Crippen molar-refractivity contribution in [2.24, 2.45) is 11.3 Å². The first kappa shape index (κ1) is 13.5. The summed E-state index contributed by atoms with van der Waals surface area (Å²) in [4.78, 5) is 0. The summed E-state index contributed by atoms with van der Waals surface area (Å²) in [7, 11) is 0. The molecule has 1 atom stereocenters. The predicted octanol–water partition coefficient (Wildman–Crippen LogP) is 5.51. The van der Waals surface area contributed by atoms with E-state index < -0.39 is 0 Å². The van der Waals surface area contributed by atoms with E-state index in [9.17, 15) is 0 Å². The van der Waals surface area contributed by atoms with Crippen LogP contribution in [0, 0.1) is 11.3 Å². The summed E-state index contributed by atoms with van der Waals surface area (Å²) < 4.78 is 0. The van der Waals surface area contributed by atoms with Gasteiger partial charge in [-0.05, 0) is 55.9 Å². The second kappa shape index (κ2) is 5.70. The second-order valence-electron chi connectivity index (χ2n) is 5.82. The zero-order valence-electron chi connectivity index (χ0n) is 11.8. The fraction of sp³-hybridized carbons (Fsp3) is 0.750. The fourth-order valence-electron chi connectivity index (χ4n) is 2.79. The summed E-state index contributed by atoms with van der Waals surface area (Å²) >= 11 is 0. The summed E-state index contributed by atoms with van der Waals surface area (Å²) in [5.41, 5.74) is 3.83. The second-order valence-corrected chi connectivity index (χ2v) is 5.82. The molecule has 0 aromatic heterocycles. The van der Waals surface area contributed by atoms with Crippen LogP contribution in [0.2, 0.25) is 0 Å². The van der Waals surface area contributed by atoms with Crippen LogP contribution in [-0.2, 0) is 0 Å². The predicted molar refractivity (Wildman–Crippen MR) is 73.5 cm³/mol. The molecule has 0 aliphatic heterocycles. The highest BCUT2D eigenvalue weighted by molar-refractivity contribution is 5.28. The molecule has 0 saturated carbocycles. The van der Waals surface area contributed by atoms with Gasteiger partial charge in [-0.2, -0.15) is 0 Å². The molecule has 0 amide bonds. The van der Waals surface area contributed by atoms with Crippen LogP contribution in [0.1, 0.15) is 66.7 Å². The lowest BCUT2D eigenvalue weighted by atomic mass is 9.72. The Bertz CT molecular complexity index is 280. The Kier molecular flexibility index (Phi) is 4.83. The Morgan fingerprint density at radius 3 is 2.56 bits per heavy atom. The average Bonchev–Trinajstić information content (AvgIpc) is 2.39. The van der Waals surface area contributed by atoms with Crippen molar-refractivity contribution >= 4 is 0 Å². The van der Waals surface area contributed by atoms with Crippen molar-refractivity contribution in [1.82, 2.24) is 0 Å². The van der Waals surface area contributed by atoms with E-state index in [1.54, 1.807) is 11.1 Å². The molecule has 0 spiro atoms. The Labute approximate surface area is 102 Å². The van der Waals surface area contributed by atoms with Gasteiger partial charge in [0.05, 0.1) is 0 Å². The lowest BCUT2D eigenvalue weighted by Gasteiger charge is -2.33. The first-order valence-corrected chi connectivity index (χ1v) is 6.87. The van der Waals surface area contributed by atoms with Gasteiger partial charge in [-0.25, -0.2) is 0 Å². The SMILES string of the molecule is C/C=C\C1=C(CC)CCCC(C)(C(C)C)C1. The molecule has 0 nitrogen and oxygen atoms in total. The van der Waals surface area contributed by atoms with Gasteiger partial charge in [0.1, 0.15) is 0 Å². The highest BCUT2D eigenvalue weighted by Crippen LogP contribution is 2.43. The number of hydrogen-bond acceptors (Lipinski definition) is 0. The van der Waals surface area contributed by atoms with Gasteiger partial charge in [0, 0.05) is 0 Å². The number of allylic oxidation sites excluding steroid dienone is 4. The lowest BCUT2D eigenvalue weighted by molar-refractivity contribution is 0.198. The number of rotatable bonds is 3. The molecular formula is C16H28. The van der Waals surface area contributed by atoms with Crippen molar-refractivity contribution in [2.45, 2.75) is 66.7 Å². The normalized spacial score (nSPS) is 27.9. The zero-order chi connectivity index (χ0) is 12.2. The zero-order valence-corrected chi connectivity index (χ0v) is 11.8. The van der Waals surface area contributed by atoms with Gasteiger partial charge in [0.15, 0.2) is 0 Å². The first-order chi connectivity index (χ1) is 7.53. The molecule has 1 rings (SSSR count). The molecule has 0 fully saturated rings. The van der Waals surface area contributed by atoms with Crippen molar-refractivity contribution in [3.63, 3.8) is 0 Å². The van der Waals surface area contributed by atoms with Crippen molar-refractivity contribution in [2.75, 3.05) is 0 Å². The Balaban J connectivity index is 2.99. The van der Waals surface area contributed by atoms with E-state index in [-0.39, 0.29) is 0 Å². The van der Waals surface area contributed by atoms with Crippen LogP contribution in [0.4, 0.5) is 0 Å². The highest BCUT2D eigenvalue weighted by atomic mass is 14.4. The summed E-state index contributed by atoms with van der Waals surface area (Å²) in [5, 5.41) is 0. The van der Waals surface area contributed by atoms with E-state index in [0.717, 1.165) is 5.92 Å². The van der Waals surface area contributed by atoms with Gasteiger partial charge < -0.3 is 0 Å². The minimum atomic E-state index is 0.506. The van der Waals surface area contributed by atoms with Crippen LogP contribution in [0.15, 0.2) is 23.3 Å². The van der Waals surface area contributed by atoms with Gasteiger partial charge in [0.2, 0.25) is 0 Å². The van der Waals surface area contributed by atoms with Crippen molar-refractivity contribution in [3.05, 3.63) is 23.3 Å². The standard InChI is InChI=1S/C16H28/c1-6-9-15-12-16(5,13(3)4)11-8-10-14(15)7-2/h6,9,13H,7-8,10-12H2,1-5H3/b9-6-. The van der Waals surface area contributed by atoms with Gasteiger partial charge >= 0.3 is 0 Å². The third kappa shape index (κ3) is 2.99. The Morgan fingerprint density at radius 2 is 2.06 bits per heavy atom. The molecule has 0 heterocycles. The summed E-state index contributed by atoms with van der Waals surface area (Å²) in [6, 6.07) is 0. The Morgan fingerprint density at radius 1 is 1.38 bits per heavy atom. The van der Waals surface area contributed by atoms with Crippen LogP contribution < -0.4 is 0 Å². The molecule has 92 valence electrons. The quantitative estimate of drug-likeness (QED) is 0.588. The van der Waals surface area contributed by atoms with Gasteiger partial charge in [-0.15, -0.1) is 0 Å². The van der Waals surface area contributed by atoms with Gasteiger partial charge in [-0.1, -0.05) is 45.4 Å². The molecule has 0 aromatic carbocycles. The van der Waals surface area contributed by atoms with E-state index in [4.69, 9.17) is 0 Å². The molecule has 1 aliphatic carbocycles. The average molecular weight is 220 g/mol. The van der Waals surface area contributed by atoms with E-state index in [2.05, 4.69) is 46.8 Å². The van der Waals surface area contributed by atoms with Crippen LogP contribution in [0.3, 0.4) is 0 Å². The van der Waals surface area contributed by atoms with Crippen LogP contribution in [0.5, 0.6) is 0 Å². The summed E-state index contributed by atoms with van der Waals surface area (Å²) in [6.07, 6.45) is 11.1. The largest absolute Gasteiger partial charge is 0.0874 e. The maximum Gasteiger partial charge on any atom is -0.0223 e. The molecule has 1 unspecified atom stereocenters. The van der Waals surface area contributed by atoms with E-state index in [0.29, 0.717) is 5.41 Å². The number of hydrogen-bond donors (Lipinski definition) is 0. The first-order valence-electron chi connectivity index (χ1n) is 6.87. The monoisotopic (exact) mass is 220 g/mol. The van der Waals surface area contributed by atoms with Crippen molar-refractivity contribution in [1.29, 1.82) is 0 Å². The highest BCUT2D eigenvalue weighted by Gasteiger charge is 2.31. The van der Waals surface area contributed by atoms with Gasteiger partial charge in [0.25, 0.3) is 0 Å². The minimum absolute atomic E-state index is 0.506. The van der Waals surface area contributed by atoms with E-state index >= 15 is 0 Å². The van der Waals surface area contributed by atoms with E-state index in [1.165, 1.54) is 32.1 Å². The molecule has 0 saturated heterocycles. The third-order valence-electron chi connectivity index (χ3n) is 4.46. The molecule has 0 bridgehead atoms. The molecule has 0 N–H and O–H groups in total. The topological polar surface area (TPSA) is 0 Å². The third-order valence-corrected chi connectivity index (χ3v) is 4.46. The summed E-state index contributed by atoms with van der Waals surface area (Å²) in [5.74, 6) is 0.781. The van der Waals surface area contributed by atoms with Crippen molar-refractivity contribution < 1.29 is 0 Å². The molecule has 0 heteroatoms. The maximum absolute atomic E-state index is 2.47. The van der Waals surface area contributed by atoms with Crippen LogP contribution in [0.25, 0.3) is 0 Å². The minimum Gasteiger partial charge on any atom is -0.0874 e. The lowest BCUT2D eigenvalue weighted by Crippen LogP contribution is -2.23. The maximum atomic E-state index is 2.47. The van der Waals surface area contributed by atoms with Crippen LogP contribution in [-0.4, -0.2) is 0 Å². The fourth-order valence-corrected chi connectivity index (χ4v) is 2.79.